The van der Waals surface area contributed by atoms with E-state index in [0.29, 0.717) is 6.61 Å². The maximum absolute atomic E-state index is 13.1. The van der Waals surface area contributed by atoms with E-state index in [4.69, 9.17) is 10.5 Å². The summed E-state index contributed by atoms with van der Waals surface area (Å²) in [7, 11) is 0. The van der Waals surface area contributed by atoms with Gasteiger partial charge in [0.1, 0.15) is 11.4 Å². The number of carbonyl (C=O) groups excluding carboxylic acids is 1. The Morgan fingerprint density at radius 3 is 3.00 bits per heavy atom. The van der Waals surface area contributed by atoms with Gasteiger partial charge in [-0.25, -0.2) is 4.98 Å². The highest BCUT2D eigenvalue weighted by atomic mass is 19.1. The van der Waals surface area contributed by atoms with Gasteiger partial charge >= 0.3 is 0 Å². The summed E-state index contributed by atoms with van der Waals surface area (Å²) in [6.45, 7) is 4.60. The fraction of sp³-hybridized carbons (Fsp3) is 0.600. The molecule has 1 aliphatic carbocycles. The first-order chi connectivity index (χ1) is 9.87. The van der Waals surface area contributed by atoms with Gasteiger partial charge in [-0.05, 0) is 25.0 Å². The van der Waals surface area contributed by atoms with Gasteiger partial charge in [0.15, 0.2) is 0 Å². The molecular formula is C15H20FN3O2. The van der Waals surface area contributed by atoms with Gasteiger partial charge in [0.25, 0.3) is 0 Å². The zero-order chi connectivity index (χ0) is 15.3. The molecule has 1 amide bonds. The number of nitrogens with zero attached hydrogens (tertiary/aromatic N) is 1. The average molecular weight is 293 g/mol. The van der Waals surface area contributed by atoms with Crippen molar-refractivity contribution < 1.29 is 13.9 Å². The van der Waals surface area contributed by atoms with Gasteiger partial charge in [-0.3, -0.25) is 4.79 Å². The monoisotopic (exact) mass is 293 g/mol. The molecule has 0 bridgehead atoms. The van der Waals surface area contributed by atoms with Gasteiger partial charge in [0.05, 0.1) is 6.10 Å². The summed E-state index contributed by atoms with van der Waals surface area (Å²) in [5.74, 6) is -0.779. The summed E-state index contributed by atoms with van der Waals surface area (Å²) in [4.78, 5) is 16.3. The van der Waals surface area contributed by atoms with E-state index in [1.807, 2.05) is 13.8 Å². The second kappa shape index (κ2) is 4.74. The van der Waals surface area contributed by atoms with Crippen LogP contribution in [0.15, 0.2) is 18.2 Å². The van der Waals surface area contributed by atoms with E-state index in [9.17, 15) is 9.18 Å². The molecule has 1 saturated carbocycles. The number of anilines is 1. The van der Waals surface area contributed by atoms with Crippen LogP contribution in [-0.4, -0.2) is 29.1 Å². The van der Waals surface area contributed by atoms with Crippen LogP contribution < -0.4 is 11.1 Å². The van der Waals surface area contributed by atoms with Gasteiger partial charge < -0.3 is 15.8 Å². The number of pyridine rings is 1. The van der Waals surface area contributed by atoms with Crippen LogP contribution in [0.5, 0.6) is 0 Å². The first-order valence-corrected chi connectivity index (χ1v) is 7.22. The van der Waals surface area contributed by atoms with E-state index in [1.54, 1.807) is 6.07 Å². The van der Waals surface area contributed by atoms with Gasteiger partial charge in [0.2, 0.25) is 11.9 Å². The van der Waals surface area contributed by atoms with Crippen molar-refractivity contribution >= 4 is 11.7 Å². The van der Waals surface area contributed by atoms with Crippen molar-refractivity contribution in [2.24, 2.45) is 17.1 Å². The van der Waals surface area contributed by atoms with Gasteiger partial charge in [-0.2, -0.15) is 4.39 Å². The minimum Gasteiger partial charge on any atom is -0.377 e. The molecule has 3 rings (SSSR count). The molecule has 0 radical (unpaired) electrons. The average Bonchev–Trinajstić information content (AvgIpc) is 2.46. The third kappa shape index (κ3) is 1.97. The van der Waals surface area contributed by atoms with Gasteiger partial charge in [-0.1, -0.05) is 19.9 Å². The molecule has 0 spiro atoms. The smallest absolute Gasteiger partial charge is 0.246 e. The number of aromatic nitrogens is 1. The molecule has 3 N–H and O–H groups in total. The van der Waals surface area contributed by atoms with Crippen molar-refractivity contribution in [1.29, 1.82) is 0 Å². The molecule has 5 nitrogen and oxygen atoms in total. The lowest BCUT2D eigenvalue weighted by Crippen LogP contribution is -2.81. The van der Waals surface area contributed by atoms with Crippen LogP contribution in [0.4, 0.5) is 10.2 Å². The molecular weight excluding hydrogens is 273 g/mol. The van der Waals surface area contributed by atoms with Gasteiger partial charge in [0, 0.05) is 17.9 Å². The van der Waals surface area contributed by atoms with Crippen LogP contribution in [0.25, 0.3) is 0 Å². The molecule has 3 atom stereocenters. The Kier molecular flexibility index (Phi) is 3.26. The molecule has 6 heteroatoms. The Morgan fingerprint density at radius 2 is 2.29 bits per heavy atom. The summed E-state index contributed by atoms with van der Waals surface area (Å²) < 4.78 is 18.9. The van der Waals surface area contributed by atoms with Crippen LogP contribution >= 0.6 is 0 Å². The molecule has 1 aromatic rings. The Bertz CT molecular complexity index is 578. The second-order valence-electron chi connectivity index (χ2n) is 6.43. The van der Waals surface area contributed by atoms with E-state index in [1.165, 1.54) is 12.1 Å². The van der Waals surface area contributed by atoms with E-state index in [-0.39, 0.29) is 23.7 Å². The SMILES string of the molecule is CC1(C)C2OCCCC2C1(N)C(=O)Nc1cccc(F)n1. The number of carbonyl (C=O) groups is 1. The predicted molar refractivity (Wildman–Crippen MR) is 76.0 cm³/mol. The predicted octanol–water partition coefficient (Wildman–Crippen LogP) is 1.69. The molecule has 114 valence electrons. The normalized spacial score (nSPS) is 33.7. The first kappa shape index (κ1) is 14.4. The number of halogens is 1. The lowest BCUT2D eigenvalue weighted by Gasteiger charge is -2.65. The molecule has 2 fully saturated rings. The van der Waals surface area contributed by atoms with E-state index >= 15 is 0 Å². The highest BCUT2D eigenvalue weighted by molar-refractivity contribution is 5.99. The summed E-state index contributed by atoms with van der Waals surface area (Å²) in [6, 6.07) is 4.27. The molecule has 21 heavy (non-hydrogen) atoms. The standard InChI is InChI=1S/C15H20FN3O2/c1-14(2)12-9(5-4-8-21-12)15(14,17)13(20)19-11-7-3-6-10(16)18-11/h3,6-7,9,12H,4-5,8,17H2,1-2H3,(H,18,19,20). The van der Waals surface area contributed by atoms with Crippen LogP contribution in [0.3, 0.4) is 0 Å². The Morgan fingerprint density at radius 1 is 1.52 bits per heavy atom. The molecule has 2 aliphatic rings. The zero-order valence-electron chi connectivity index (χ0n) is 12.2. The van der Waals surface area contributed by atoms with Crippen molar-refractivity contribution in [3.63, 3.8) is 0 Å². The lowest BCUT2D eigenvalue weighted by molar-refractivity contribution is -0.222. The largest absolute Gasteiger partial charge is 0.377 e. The van der Waals surface area contributed by atoms with Crippen LogP contribution in [-0.2, 0) is 9.53 Å². The quantitative estimate of drug-likeness (QED) is 0.814. The molecule has 3 unspecified atom stereocenters. The number of hydrogen-bond acceptors (Lipinski definition) is 4. The fourth-order valence-corrected chi connectivity index (χ4v) is 3.73. The molecule has 1 aliphatic heterocycles. The van der Waals surface area contributed by atoms with E-state index in [0.717, 1.165) is 12.8 Å². The molecule has 0 aromatic carbocycles. The summed E-state index contributed by atoms with van der Waals surface area (Å²) >= 11 is 0. The molecule has 2 heterocycles. The number of hydrogen-bond donors (Lipinski definition) is 2. The molecule has 1 aromatic heterocycles. The van der Waals surface area contributed by atoms with Crippen molar-refractivity contribution in [2.75, 3.05) is 11.9 Å². The number of nitrogens with two attached hydrogens (primary N) is 1. The maximum Gasteiger partial charge on any atom is 0.246 e. The number of fused-ring (bicyclic) bond motifs is 1. The van der Waals surface area contributed by atoms with Crippen molar-refractivity contribution in [2.45, 2.75) is 38.3 Å². The summed E-state index contributed by atoms with van der Waals surface area (Å²) in [5.41, 5.74) is 4.97. The van der Waals surface area contributed by atoms with Crippen LogP contribution in [0.1, 0.15) is 26.7 Å². The van der Waals surface area contributed by atoms with Crippen molar-refractivity contribution in [3.8, 4) is 0 Å². The third-order valence-corrected chi connectivity index (χ3v) is 5.02. The fourth-order valence-electron chi connectivity index (χ4n) is 3.73. The summed E-state index contributed by atoms with van der Waals surface area (Å²) in [5, 5.41) is 2.64. The summed E-state index contributed by atoms with van der Waals surface area (Å²) in [6.07, 6.45) is 1.78. The third-order valence-electron chi connectivity index (χ3n) is 5.02. The minimum atomic E-state index is -1.02. The Labute approximate surface area is 123 Å². The number of nitrogens with one attached hydrogen (secondary N) is 1. The van der Waals surface area contributed by atoms with Crippen LogP contribution in [0, 0.1) is 17.3 Å². The van der Waals surface area contributed by atoms with E-state index < -0.39 is 16.9 Å². The Balaban J connectivity index is 1.83. The van der Waals surface area contributed by atoms with Gasteiger partial charge in [-0.15, -0.1) is 0 Å². The van der Waals surface area contributed by atoms with Crippen LogP contribution in [0.2, 0.25) is 0 Å². The highest BCUT2D eigenvalue weighted by Crippen LogP contribution is 2.57. The first-order valence-electron chi connectivity index (χ1n) is 7.22. The van der Waals surface area contributed by atoms with Crippen molar-refractivity contribution in [3.05, 3.63) is 24.1 Å². The Hall–Kier alpha value is -1.53. The topological polar surface area (TPSA) is 77.2 Å². The molecule has 1 saturated heterocycles. The maximum atomic E-state index is 13.1. The highest BCUT2D eigenvalue weighted by Gasteiger charge is 2.70. The van der Waals surface area contributed by atoms with E-state index in [2.05, 4.69) is 10.3 Å². The second-order valence-corrected chi connectivity index (χ2v) is 6.43. The minimum absolute atomic E-state index is 0.00229. The zero-order valence-corrected chi connectivity index (χ0v) is 12.2. The lowest BCUT2D eigenvalue weighted by atomic mass is 9.46. The number of amides is 1. The number of rotatable bonds is 2. The number of ether oxygens (including phenoxy) is 1. The van der Waals surface area contributed by atoms with Crippen molar-refractivity contribution in [1.82, 2.24) is 4.98 Å².